The van der Waals surface area contributed by atoms with Crippen LogP contribution < -0.4 is 10.1 Å². The van der Waals surface area contributed by atoms with Gasteiger partial charge in [-0.05, 0) is 67.3 Å². The Balaban J connectivity index is 1.06. The average Bonchev–Trinajstić information content (AvgIpc) is 3.53. The number of carbonyl (C=O) groups excluding carboxylic acids is 2. The summed E-state index contributed by atoms with van der Waals surface area (Å²) in [7, 11) is 1.80. The number of piperidine rings is 1. The Bertz CT molecular complexity index is 1390. The zero-order valence-electron chi connectivity index (χ0n) is 25.2. The fourth-order valence-electron chi connectivity index (χ4n) is 5.87. The molecule has 2 aliphatic heterocycles. The van der Waals surface area contributed by atoms with Gasteiger partial charge >= 0.3 is 0 Å². The van der Waals surface area contributed by atoms with Crippen LogP contribution in [0.1, 0.15) is 58.4 Å². The number of hydrogen-bond donors (Lipinski definition) is 2. The molecular formula is C31H41N7O5. The van der Waals surface area contributed by atoms with Crippen molar-refractivity contribution in [2.24, 2.45) is 5.92 Å². The summed E-state index contributed by atoms with van der Waals surface area (Å²) in [5.41, 5.74) is 4.75. The molecule has 0 bridgehead atoms. The Morgan fingerprint density at radius 3 is 2.79 bits per heavy atom. The fourth-order valence-corrected chi connectivity index (χ4v) is 5.87. The van der Waals surface area contributed by atoms with Gasteiger partial charge in [-0.2, -0.15) is 0 Å². The van der Waals surface area contributed by atoms with Gasteiger partial charge in [0.25, 0.3) is 5.91 Å². The third kappa shape index (κ3) is 7.95. The van der Waals surface area contributed by atoms with Crippen LogP contribution in [-0.2, 0) is 30.8 Å². The summed E-state index contributed by atoms with van der Waals surface area (Å²) in [4.78, 5) is 39.1. The lowest BCUT2D eigenvalue weighted by Crippen LogP contribution is -2.47. The predicted octanol–water partition coefficient (Wildman–Crippen LogP) is 2.15. The lowest BCUT2D eigenvalue weighted by molar-refractivity contribution is -0.145. The fraction of sp³-hybridized carbons (Fsp3) is 0.516. The zero-order valence-corrected chi connectivity index (χ0v) is 25.2. The summed E-state index contributed by atoms with van der Waals surface area (Å²) < 4.78 is 11.2. The number of β-amino-alcohol motifs (C(OH)–C–C–N with tert-alkyl or cyclic N) is 1. The number of aliphatic hydroxyl groups is 1. The smallest absolute Gasteiger partial charge is 0.270 e. The molecule has 2 N–H and O–H groups in total. The number of aromatic nitrogens is 3. The van der Waals surface area contributed by atoms with Crippen molar-refractivity contribution in [3.63, 3.8) is 0 Å². The molecule has 1 atom stereocenters. The molecular weight excluding hydrogens is 550 g/mol. The summed E-state index contributed by atoms with van der Waals surface area (Å²) >= 11 is 0. The first kappa shape index (κ1) is 30.6. The van der Waals surface area contributed by atoms with Gasteiger partial charge in [0.2, 0.25) is 5.91 Å². The van der Waals surface area contributed by atoms with Crippen molar-refractivity contribution in [3.8, 4) is 5.75 Å². The van der Waals surface area contributed by atoms with Crippen molar-refractivity contribution in [2.75, 3.05) is 39.8 Å². The predicted molar refractivity (Wildman–Crippen MR) is 158 cm³/mol. The third-order valence-electron chi connectivity index (χ3n) is 8.46. The lowest BCUT2D eigenvalue weighted by atomic mass is 9.92. The normalized spacial score (nSPS) is 16.8. The van der Waals surface area contributed by atoms with Crippen LogP contribution in [-0.4, -0.2) is 92.7 Å². The monoisotopic (exact) mass is 591 g/mol. The summed E-state index contributed by atoms with van der Waals surface area (Å²) in [6, 6.07) is 5.80. The van der Waals surface area contributed by atoms with Gasteiger partial charge in [-0.15, -0.1) is 0 Å². The largest absolute Gasteiger partial charge is 0.485 e. The minimum Gasteiger partial charge on any atom is -0.485 e. The SMILES string of the molecule is CC(=O)N(C)N1CCC(Cc2cc(C(=O)NC[C@H](O)CN3CCc4c(ccc(OCc5cnco5)c4C)C3)ncn2)CC1. The maximum Gasteiger partial charge on any atom is 0.270 e. The number of amides is 2. The summed E-state index contributed by atoms with van der Waals surface area (Å²) in [6.45, 7) is 7.74. The van der Waals surface area contributed by atoms with E-state index < -0.39 is 6.10 Å². The van der Waals surface area contributed by atoms with Crippen LogP contribution in [0.15, 0.2) is 41.5 Å². The molecule has 1 fully saturated rings. The first-order chi connectivity index (χ1) is 20.8. The van der Waals surface area contributed by atoms with Gasteiger partial charge < -0.3 is 19.6 Å². The van der Waals surface area contributed by atoms with Gasteiger partial charge in [0.15, 0.2) is 12.2 Å². The number of oxazole rings is 1. The van der Waals surface area contributed by atoms with E-state index in [4.69, 9.17) is 9.15 Å². The minimum absolute atomic E-state index is 0.0343. The van der Waals surface area contributed by atoms with Crippen molar-refractivity contribution in [2.45, 2.75) is 58.8 Å². The van der Waals surface area contributed by atoms with Crippen LogP contribution in [0.25, 0.3) is 0 Å². The minimum atomic E-state index is -0.712. The van der Waals surface area contributed by atoms with Crippen LogP contribution in [0.2, 0.25) is 0 Å². The second kappa shape index (κ2) is 14.1. The van der Waals surface area contributed by atoms with Crippen LogP contribution >= 0.6 is 0 Å². The second-order valence-corrected chi connectivity index (χ2v) is 11.5. The highest BCUT2D eigenvalue weighted by atomic mass is 16.5. The van der Waals surface area contributed by atoms with E-state index in [2.05, 4.69) is 43.2 Å². The number of aliphatic hydroxyl groups excluding tert-OH is 1. The van der Waals surface area contributed by atoms with Crippen molar-refractivity contribution in [3.05, 3.63) is 71.0 Å². The molecule has 1 saturated heterocycles. The van der Waals surface area contributed by atoms with Crippen molar-refractivity contribution in [1.29, 1.82) is 0 Å². The van der Waals surface area contributed by atoms with E-state index in [1.54, 1.807) is 31.2 Å². The summed E-state index contributed by atoms with van der Waals surface area (Å²) in [5, 5.41) is 17.3. The number of hydrogen-bond acceptors (Lipinski definition) is 10. The van der Waals surface area contributed by atoms with E-state index in [-0.39, 0.29) is 18.4 Å². The Kier molecular flexibility index (Phi) is 10.0. The maximum absolute atomic E-state index is 12.8. The van der Waals surface area contributed by atoms with Crippen molar-refractivity contribution < 1.29 is 23.8 Å². The van der Waals surface area contributed by atoms with Crippen molar-refractivity contribution in [1.82, 2.24) is 35.2 Å². The summed E-state index contributed by atoms with van der Waals surface area (Å²) in [6.07, 6.45) is 7.28. The first-order valence-corrected chi connectivity index (χ1v) is 14.9. The van der Waals surface area contributed by atoms with E-state index in [0.29, 0.717) is 30.5 Å². The van der Waals surface area contributed by atoms with Gasteiger partial charge in [0, 0.05) is 58.9 Å². The topological polar surface area (TPSA) is 137 Å². The Morgan fingerprint density at radius 2 is 2.05 bits per heavy atom. The Hall–Kier alpha value is -3.87. The molecule has 0 unspecified atom stereocenters. The molecule has 2 aromatic heterocycles. The van der Waals surface area contributed by atoms with Crippen LogP contribution in [0.5, 0.6) is 5.75 Å². The number of rotatable bonds is 11. The van der Waals surface area contributed by atoms with E-state index in [1.165, 1.54) is 23.8 Å². The van der Waals surface area contributed by atoms with E-state index in [0.717, 1.165) is 68.9 Å². The summed E-state index contributed by atoms with van der Waals surface area (Å²) in [5.74, 6) is 1.66. The molecule has 4 heterocycles. The van der Waals surface area contributed by atoms with Gasteiger partial charge in [-0.3, -0.25) is 19.5 Å². The average molecular weight is 592 g/mol. The number of nitrogens with one attached hydrogen (secondary N) is 1. The highest BCUT2D eigenvalue weighted by Crippen LogP contribution is 2.30. The van der Waals surface area contributed by atoms with E-state index in [9.17, 15) is 14.7 Å². The molecule has 0 saturated carbocycles. The number of fused-ring (bicyclic) bond motifs is 1. The zero-order chi connectivity index (χ0) is 30.3. The molecule has 2 aliphatic rings. The third-order valence-corrected chi connectivity index (χ3v) is 8.46. The number of benzene rings is 1. The van der Waals surface area contributed by atoms with Gasteiger partial charge in [-0.25, -0.2) is 20.0 Å². The number of carbonyl (C=O) groups is 2. The molecule has 1 aromatic carbocycles. The number of nitrogens with zero attached hydrogens (tertiary/aromatic N) is 6. The lowest BCUT2D eigenvalue weighted by Gasteiger charge is -2.37. The van der Waals surface area contributed by atoms with Crippen molar-refractivity contribution >= 4 is 11.8 Å². The highest BCUT2D eigenvalue weighted by molar-refractivity contribution is 5.92. The van der Waals surface area contributed by atoms with Gasteiger partial charge in [0.1, 0.15) is 24.4 Å². The Morgan fingerprint density at radius 1 is 1.23 bits per heavy atom. The molecule has 5 rings (SSSR count). The van der Waals surface area contributed by atoms with Gasteiger partial charge in [0.05, 0.1) is 12.3 Å². The number of ether oxygens (including phenoxy) is 1. The molecule has 43 heavy (non-hydrogen) atoms. The standard InChI is InChI=1S/C31H41N7O5/c1-21-28-8-9-37(16-24(28)4-5-30(21)42-18-27-15-32-20-43-27)17-26(40)14-33-31(41)29-13-25(34-19-35-29)12-23-6-10-38(11-7-23)36(3)22(2)39/h4-5,13,15,19-20,23,26,40H,6-12,14,16-18H2,1-3H3,(H,33,41)/t26-/m0/s1. The van der Waals surface area contributed by atoms with E-state index in [1.807, 2.05) is 6.07 Å². The maximum atomic E-state index is 12.8. The second-order valence-electron chi connectivity index (χ2n) is 11.5. The molecule has 0 radical (unpaired) electrons. The number of hydrazine groups is 1. The first-order valence-electron chi connectivity index (χ1n) is 14.9. The quantitative estimate of drug-likeness (QED) is 0.341. The molecule has 3 aromatic rings. The molecule has 0 aliphatic carbocycles. The molecule has 12 heteroatoms. The molecule has 230 valence electrons. The molecule has 0 spiro atoms. The van der Waals surface area contributed by atoms with Crippen LogP contribution in [0, 0.1) is 12.8 Å². The van der Waals surface area contributed by atoms with Crippen LogP contribution in [0.4, 0.5) is 0 Å². The molecule has 2 amide bonds. The molecule has 12 nitrogen and oxygen atoms in total. The Labute approximate surface area is 252 Å². The van der Waals surface area contributed by atoms with E-state index >= 15 is 0 Å². The van der Waals surface area contributed by atoms with Crippen LogP contribution in [0.3, 0.4) is 0 Å². The highest BCUT2D eigenvalue weighted by Gasteiger charge is 2.25. The van der Waals surface area contributed by atoms with Gasteiger partial charge in [-0.1, -0.05) is 6.07 Å².